The topological polar surface area (TPSA) is 80.8 Å². The number of hydrogen-bond acceptors (Lipinski definition) is 5. The fraction of sp³-hybridized carbons (Fsp3) is 0.353. The summed E-state index contributed by atoms with van der Waals surface area (Å²) < 4.78 is 3.61. The van der Waals surface area contributed by atoms with E-state index in [0.29, 0.717) is 0 Å². The van der Waals surface area contributed by atoms with Gasteiger partial charge in [-0.05, 0) is 31.0 Å². The van der Waals surface area contributed by atoms with Crippen molar-refractivity contribution in [1.29, 1.82) is 0 Å². The molecule has 2 heterocycles. The van der Waals surface area contributed by atoms with Crippen LogP contribution >= 0.6 is 0 Å². The van der Waals surface area contributed by atoms with Gasteiger partial charge in [0.2, 0.25) is 0 Å². The highest BCUT2D eigenvalue weighted by Crippen LogP contribution is 2.34. The van der Waals surface area contributed by atoms with Crippen molar-refractivity contribution in [3.8, 4) is 5.69 Å². The molecule has 24 heavy (non-hydrogen) atoms. The second-order valence-electron chi connectivity index (χ2n) is 6.18. The lowest BCUT2D eigenvalue weighted by atomic mass is 9.82. The highest BCUT2D eigenvalue weighted by molar-refractivity contribution is 5.42. The third-order valence-corrected chi connectivity index (χ3v) is 4.67. The first-order valence-corrected chi connectivity index (χ1v) is 8.13. The summed E-state index contributed by atoms with van der Waals surface area (Å²) in [6.45, 7) is 2.13. The third-order valence-electron chi connectivity index (χ3n) is 4.67. The Kier molecular flexibility index (Phi) is 3.87. The van der Waals surface area contributed by atoms with Crippen LogP contribution in [0.4, 0.5) is 0 Å². The normalized spacial score (nSPS) is 24.5. The SMILES string of the molecule is CC(N[C@H]1C[C@@H](O)[C@@H]1n1cccn1)c1ccccc1-n1ccnn1. The Hall–Kier alpha value is -2.51. The lowest BCUT2D eigenvalue weighted by Gasteiger charge is -2.43. The van der Waals surface area contributed by atoms with Crippen LogP contribution < -0.4 is 5.32 Å². The van der Waals surface area contributed by atoms with Gasteiger partial charge in [-0.3, -0.25) is 4.68 Å². The Balaban J connectivity index is 1.54. The summed E-state index contributed by atoms with van der Waals surface area (Å²) in [5.74, 6) is 0. The predicted octanol–water partition coefficient (Wildman–Crippen LogP) is 1.49. The minimum absolute atomic E-state index is 0.0269. The van der Waals surface area contributed by atoms with Crippen LogP contribution in [0.5, 0.6) is 0 Å². The fourth-order valence-corrected chi connectivity index (χ4v) is 3.41. The van der Waals surface area contributed by atoms with E-state index < -0.39 is 0 Å². The molecule has 0 aliphatic heterocycles. The van der Waals surface area contributed by atoms with Crippen molar-refractivity contribution >= 4 is 0 Å². The van der Waals surface area contributed by atoms with Gasteiger partial charge in [-0.2, -0.15) is 5.10 Å². The second kappa shape index (κ2) is 6.18. The molecule has 0 saturated heterocycles. The van der Waals surface area contributed by atoms with Crippen molar-refractivity contribution in [3.05, 3.63) is 60.7 Å². The third kappa shape index (κ3) is 2.61. The number of aromatic nitrogens is 5. The monoisotopic (exact) mass is 324 g/mol. The van der Waals surface area contributed by atoms with Crippen LogP contribution in [-0.2, 0) is 0 Å². The summed E-state index contributed by atoms with van der Waals surface area (Å²) in [5, 5.41) is 26.0. The number of benzene rings is 1. The van der Waals surface area contributed by atoms with Crippen molar-refractivity contribution < 1.29 is 5.11 Å². The summed E-state index contributed by atoms with van der Waals surface area (Å²) in [5.41, 5.74) is 2.15. The van der Waals surface area contributed by atoms with E-state index >= 15 is 0 Å². The Morgan fingerprint density at radius 3 is 2.79 bits per heavy atom. The molecule has 0 radical (unpaired) electrons. The largest absolute Gasteiger partial charge is 0.391 e. The highest BCUT2D eigenvalue weighted by atomic mass is 16.3. The molecule has 3 aromatic rings. The van der Waals surface area contributed by atoms with Crippen molar-refractivity contribution in [2.45, 2.75) is 37.6 Å². The van der Waals surface area contributed by atoms with Gasteiger partial charge in [0, 0.05) is 24.5 Å². The Labute approximate surface area is 139 Å². The van der Waals surface area contributed by atoms with E-state index in [2.05, 4.69) is 33.7 Å². The minimum atomic E-state index is -0.361. The zero-order valence-electron chi connectivity index (χ0n) is 13.4. The number of rotatable bonds is 5. The van der Waals surface area contributed by atoms with Crippen LogP contribution in [0.25, 0.3) is 5.69 Å². The van der Waals surface area contributed by atoms with Gasteiger partial charge < -0.3 is 10.4 Å². The number of hydrogen-bond donors (Lipinski definition) is 2. The minimum Gasteiger partial charge on any atom is -0.391 e. The molecule has 7 heteroatoms. The number of aliphatic hydroxyl groups is 1. The molecule has 4 rings (SSSR count). The van der Waals surface area contributed by atoms with Crippen molar-refractivity contribution in [2.75, 3.05) is 0 Å². The smallest absolute Gasteiger partial charge is 0.0932 e. The average Bonchev–Trinajstić information content (AvgIpc) is 3.28. The van der Waals surface area contributed by atoms with Crippen LogP contribution in [0.1, 0.15) is 31.0 Å². The quantitative estimate of drug-likeness (QED) is 0.743. The summed E-state index contributed by atoms with van der Waals surface area (Å²) in [7, 11) is 0. The molecule has 0 bridgehead atoms. The van der Waals surface area contributed by atoms with E-state index in [1.165, 1.54) is 0 Å². The van der Waals surface area contributed by atoms with E-state index in [4.69, 9.17) is 0 Å². The van der Waals surface area contributed by atoms with Crippen LogP contribution in [0.2, 0.25) is 0 Å². The van der Waals surface area contributed by atoms with E-state index in [1.807, 2.05) is 41.3 Å². The molecule has 0 spiro atoms. The molecule has 124 valence electrons. The molecule has 1 aliphatic carbocycles. The Bertz CT molecular complexity index is 785. The number of aliphatic hydroxyl groups excluding tert-OH is 1. The van der Waals surface area contributed by atoms with Gasteiger partial charge in [-0.1, -0.05) is 23.4 Å². The fourth-order valence-electron chi connectivity index (χ4n) is 3.41. The molecule has 1 fully saturated rings. The molecule has 1 saturated carbocycles. The van der Waals surface area contributed by atoms with Crippen LogP contribution in [0.3, 0.4) is 0 Å². The molecular weight excluding hydrogens is 304 g/mol. The van der Waals surface area contributed by atoms with Crippen LogP contribution in [-0.4, -0.2) is 42.0 Å². The van der Waals surface area contributed by atoms with Gasteiger partial charge in [-0.25, -0.2) is 4.68 Å². The van der Waals surface area contributed by atoms with Gasteiger partial charge in [0.25, 0.3) is 0 Å². The van der Waals surface area contributed by atoms with E-state index in [1.54, 1.807) is 17.1 Å². The Morgan fingerprint density at radius 2 is 2.08 bits per heavy atom. The Morgan fingerprint density at radius 1 is 1.21 bits per heavy atom. The van der Waals surface area contributed by atoms with Crippen molar-refractivity contribution in [2.24, 2.45) is 0 Å². The number of nitrogens with zero attached hydrogens (tertiary/aromatic N) is 5. The van der Waals surface area contributed by atoms with E-state index in [0.717, 1.165) is 17.7 Å². The van der Waals surface area contributed by atoms with Crippen molar-refractivity contribution in [1.82, 2.24) is 30.1 Å². The zero-order chi connectivity index (χ0) is 16.5. The van der Waals surface area contributed by atoms with E-state index in [9.17, 15) is 5.11 Å². The van der Waals surface area contributed by atoms with Crippen LogP contribution in [0.15, 0.2) is 55.1 Å². The molecule has 7 nitrogen and oxygen atoms in total. The molecule has 2 N–H and O–H groups in total. The molecule has 1 aliphatic rings. The standard InChI is InChI=1S/C17H20N6O/c1-12(13-5-2-3-6-15(13)22-10-8-18-21-22)20-14-11-16(24)17(14)23-9-4-7-19-23/h2-10,12,14,16-17,20,24H,11H2,1H3/t12?,14-,16+,17+/m0/s1. The van der Waals surface area contributed by atoms with Crippen molar-refractivity contribution in [3.63, 3.8) is 0 Å². The molecule has 4 atom stereocenters. The lowest BCUT2D eigenvalue weighted by Crippen LogP contribution is -2.55. The van der Waals surface area contributed by atoms with Gasteiger partial charge in [0.15, 0.2) is 0 Å². The summed E-state index contributed by atoms with van der Waals surface area (Å²) in [4.78, 5) is 0. The maximum Gasteiger partial charge on any atom is 0.0932 e. The lowest BCUT2D eigenvalue weighted by molar-refractivity contribution is -0.0110. The molecule has 1 unspecified atom stereocenters. The van der Waals surface area contributed by atoms with Gasteiger partial charge in [-0.15, -0.1) is 5.10 Å². The van der Waals surface area contributed by atoms with E-state index in [-0.39, 0.29) is 24.2 Å². The first-order valence-electron chi connectivity index (χ1n) is 8.13. The number of para-hydroxylation sites is 1. The maximum absolute atomic E-state index is 10.1. The van der Waals surface area contributed by atoms with Gasteiger partial charge >= 0.3 is 0 Å². The molecule has 0 amide bonds. The van der Waals surface area contributed by atoms with Gasteiger partial charge in [0.1, 0.15) is 0 Å². The first kappa shape index (κ1) is 15.0. The molecular formula is C17H20N6O. The molecule has 1 aromatic carbocycles. The average molecular weight is 324 g/mol. The number of nitrogens with one attached hydrogen (secondary N) is 1. The molecule has 2 aromatic heterocycles. The zero-order valence-corrected chi connectivity index (χ0v) is 13.4. The first-order chi connectivity index (χ1) is 11.7. The maximum atomic E-state index is 10.1. The van der Waals surface area contributed by atoms with Crippen LogP contribution in [0, 0.1) is 0 Å². The summed E-state index contributed by atoms with van der Waals surface area (Å²) in [6.07, 6.45) is 7.51. The second-order valence-corrected chi connectivity index (χ2v) is 6.18. The summed E-state index contributed by atoms with van der Waals surface area (Å²) in [6, 6.07) is 10.3. The highest BCUT2D eigenvalue weighted by Gasteiger charge is 2.42. The predicted molar refractivity (Wildman–Crippen MR) is 88.6 cm³/mol. The van der Waals surface area contributed by atoms with Gasteiger partial charge in [0.05, 0.1) is 30.2 Å². The summed E-state index contributed by atoms with van der Waals surface area (Å²) >= 11 is 0.